The maximum atomic E-state index is 2.51. The summed E-state index contributed by atoms with van der Waals surface area (Å²) in [5.41, 5.74) is 17.8. The van der Waals surface area contributed by atoms with Crippen LogP contribution in [0.4, 0.5) is 34.1 Å². The summed E-state index contributed by atoms with van der Waals surface area (Å²) in [7, 11) is -3.65. The Morgan fingerprint density at radius 2 is 0.738 bits per heavy atom. The van der Waals surface area contributed by atoms with Gasteiger partial charge in [-0.15, -0.1) is 0 Å². The zero-order valence-electron chi connectivity index (χ0n) is 35.9. The van der Waals surface area contributed by atoms with Crippen molar-refractivity contribution >= 4 is 83.2 Å². The molecule has 1 aliphatic carbocycles. The fourth-order valence-electron chi connectivity index (χ4n) is 10.7. The first-order chi connectivity index (χ1) is 29.5. The maximum absolute atomic E-state index is 2.51. The van der Waals surface area contributed by atoms with E-state index in [4.69, 9.17) is 0 Å². The van der Waals surface area contributed by atoms with Crippen molar-refractivity contribution in [3.05, 3.63) is 204 Å². The van der Waals surface area contributed by atoms with E-state index in [0.29, 0.717) is 0 Å². The van der Waals surface area contributed by atoms with Crippen molar-refractivity contribution in [3.8, 4) is 22.3 Å². The summed E-state index contributed by atoms with van der Waals surface area (Å²) in [6, 6.07) is 68.3. The van der Waals surface area contributed by atoms with Crippen LogP contribution in [0.5, 0.6) is 0 Å². The van der Waals surface area contributed by atoms with Gasteiger partial charge in [-0.2, -0.15) is 0 Å². The fourth-order valence-corrected chi connectivity index (χ4v) is 16.6. The van der Waals surface area contributed by atoms with Gasteiger partial charge in [-0.3, -0.25) is 0 Å². The van der Waals surface area contributed by atoms with Crippen LogP contribution < -0.4 is 30.5 Å². The van der Waals surface area contributed by atoms with Crippen molar-refractivity contribution in [2.45, 2.75) is 45.5 Å². The highest BCUT2D eigenvalue weighted by Crippen LogP contribution is 2.51. The summed E-state index contributed by atoms with van der Waals surface area (Å²) in [5, 5.41) is 5.96. The number of hydrogen-bond acceptors (Lipinski definition) is 2. The van der Waals surface area contributed by atoms with Gasteiger partial charge in [0.15, 0.2) is 0 Å². The van der Waals surface area contributed by atoms with E-state index < -0.39 is 16.1 Å². The van der Waals surface area contributed by atoms with Crippen molar-refractivity contribution < 1.29 is 0 Å². The monoisotopic (exact) mass is 818 g/mol. The Labute approximate surface area is 363 Å². The first-order valence-corrected chi connectivity index (χ1v) is 27.7. The van der Waals surface area contributed by atoms with Gasteiger partial charge >= 0.3 is 0 Å². The number of hydrogen-bond donors (Lipinski definition) is 0. The van der Waals surface area contributed by atoms with Crippen LogP contribution in [0.25, 0.3) is 34.4 Å². The third-order valence-corrected chi connectivity index (χ3v) is 21.1. The van der Waals surface area contributed by atoms with Crippen molar-refractivity contribution in [2.24, 2.45) is 0 Å². The molecular weight excluding hydrogens is 769 g/mol. The molecule has 0 atom stereocenters. The Bertz CT molecular complexity index is 2970. The van der Waals surface area contributed by atoms with Gasteiger partial charge in [-0.05, 0) is 114 Å². The van der Waals surface area contributed by atoms with Gasteiger partial charge in [0, 0.05) is 39.5 Å². The smallest absolute Gasteiger partial charge is 0.117 e. The molecule has 3 aliphatic rings. The molecule has 0 radical (unpaired) electrons. The van der Waals surface area contributed by atoms with Crippen LogP contribution in [-0.2, 0) is 5.41 Å². The molecular formula is C57H50N2Si2. The number of anilines is 6. The second kappa shape index (κ2) is 13.8. The van der Waals surface area contributed by atoms with E-state index in [2.05, 4.69) is 244 Å². The van der Waals surface area contributed by atoms with Crippen LogP contribution in [0, 0.1) is 0 Å². The lowest BCUT2D eigenvalue weighted by Crippen LogP contribution is -2.58. The summed E-state index contributed by atoms with van der Waals surface area (Å²) in [5.74, 6) is 0. The number of nitrogens with zero attached hydrogens (tertiary/aromatic N) is 2. The molecule has 0 saturated carbocycles. The predicted octanol–water partition coefficient (Wildman–Crippen LogP) is 13.0. The van der Waals surface area contributed by atoms with E-state index in [1.54, 1.807) is 0 Å². The van der Waals surface area contributed by atoms with E-state index in [9.17, 15) is 0 Å². The van der Waals surface area contributed by atoms with Gasteiger partial charge in [-0.25, -0.2) is 0 Å². The molecule has 0 aromatic heterocycles. The van der Waals surface area contributed by atoms with E-state index in [1.807, 2.05) is 0 Å². The van der Waals surface area contributed by atoms with Gasteiger partial charge in [0.2, 0.25) is 0 Å². The number of benzene rings is 8. The molecule has 8 aromatic rings. The second-order valence-electron chi connectivity index (χ2n) is 18.7. The van der Waals surface area contributed by atoms with Crippen molar-refractivity contribution in [2.75, 3.05) is 9.80 Å². The van der Waals surface area contributed by atoms with Crippen LogP contribution in [0.2, 0.25) is 26.2 Å². The predicted molar refractivity (Wildman–Crippen MR) is 268 cm³/mol. The van der Waals surface area contributed by atoms with Crippen molar-refractivity contribution in [3.63, 3.8) is 0 Å². The molecule has 61 heavy (non-hydrogen) atoms. The topological polar surface area (TPSA) is 6.48 Å². The number of para-hydroxylation sites is 4. The lowest BCUT2D eigenvalue weighted by molar-refractivity contribution is 0.660. The molecule has 11 rings (SSSR count). The Morgan fingerprint density at radius 3 is 1.23 bits per heavy atom. The fraction of sp³-hybridized carbons (Fsp3) is 0.123. The van der Waals surface area contributed by atoms with Crippen molar-refractivity contribution in [1.82, 2.24) is 0 Å². The Kier molecular flexibility index (Phi) is 8.48. The Morgan fingerprint density at radius 1 is 0.377 bits per heavy atom. The third kappa shape index (κ3) is 5.80. The van der Waals surface area contributed by atoms with E-state index in [0.717, 1.165) is 0 Å². The standard InChI is InChI=1S/C57H50N2Si2/c1-57(2)47-37-40(27-35-45(47)46-36-34-44(38-48(46)57)59-51-17-9-13-21-55(51)61(5,6)56-22-14-10-18-52(56)59)24-23-39-25-28-41(29-26-39)42-30-32-43(33-31-42)58-49-15-7-11-19-53(49)60(3,4)54-20-12-8-16-50(54)58/h7-38H,1-6H3. The molecule has 8 aromatic carbocycles. The summed E-state index contributed by atoms with van der Waals surface area (Å²) in [4.78, 5) is 4.96. The van der Waals surface area contributed by atoms with Crippen LogP contribution in [0.3, 0.4) is 0 Å². The second-order valence-corrected chi connectivity index (χ2v) is 27.3. The first-order valence-electron chi connectivity index (χ1n) is 21.7. The van der Waals surface area contributed by atoms with Gasteiger partial charge in [0.25, 0.3) is 0 Å². The lowest BCUT2D eigenvalue weighted by atomic mass is 9.81. The average Bonchev–Trinajstić information content (AvgIpc) is 3.51. The highest BCUT2D eigenvalue weighted by molar-refractivity contribution is 7.03. The van der Waals surface area contributed by atoms with Crippen LogP contribution in [-0.4, -0.2) is 16.1 Å². The quantitative estimate of drug-likeness (QED) is 0.126. The van der Waals surface area contributed by atoms with Gasteiger partial charge in [0.1, 0.15) is 16.1 Å². The van der Waals surface area contributed by atoms with Gasteiger partial charge in [-0.1, -0.05) is 186 Å². The average molecular weight is 819 g/mol. The highest BCUT2D eigenvalue weighted by Gasteiger charge is 2.41. The molecule has 0 saturated heterocycles. The zero-order chi connectivity index (χ0) is 41.7. The normalized spacial score (nSPS) is 16.0. The summed E-state index contributed by atoms with van der Waals surface area (Å²) in [6.07, 6.45) is 4.51. The SMILES string of the molecule is CC1(C)c2cc(C=Cc3ccc(-c4ccc(N5c6ccccc6[Si](C)(C)c6ccccc65)cc4)cc3)ccc2-c2ccc(N3c4ccccc4[Si](C)(C)c4ccccc43)cc21. The van der Waals surface area contributed by atoms with E-state index in [-0.39, 0.29) is 5.41 Å². The molecule has 0 fully saturated rings. The van der Waals surface area contributed by atoms with E-state index in [1.165, 1.54) is 99.4 Å². The van der Waals surface area contributed by atoms with Crippen molar-refractivity contribution in [1.29, 1.82) is 0 Å². The van der Waals surface area contributed by atoms with Gasteiger partial charge < -0.3 is 9.80 Å². The van der Waals surface area contributed by atoms with Gasteiger partial charge in [0.05, 0.1) is 0 Å². The highest BCUT2D eigenvalue weighted by atomic mass is 28.3. The number of rotatable bonds is 5. The maximum Gasteiger partial charge on any atom is 0.117 e. The molecule has 2 aliphatic heterocycles. The minimum absolute atomic E-state index is 0.135. The summed E-state index contributed by atoms with van der Waals surface area (Å²) >= 11 is 0. The summed E-state index contributed by atoms with van der Waals surface area (Å²) < 4.78 is 0. The Balaban J connectivity index is 0.842. The number of fused-ring (bicyclic) bond motifs is 7. The lowest BCUT2D eigenvalue weighted by Gasteiger charge is -2.41. The summed E-state index contributed by atoms with van der Waals surface area (Å²) in [6.45, 7) is 14.7. The Hall–Kier alpha value is -6.47. The molecule has 296 valence electrons. The molecule has 0 N–H and O–H groups in total. The van der Waals surface area contributed by atoms with E-state index >= 15 is 0 Å². The molecule has 2 nitrogen and oxygen atoms in total. The third-order valence-electron chi connectivity index (χ3n) is 14.1. The van der Waals surface area contributed by atoms with Crippen LogP contribution in [0.1, 0.15) is 36.1 Å². The molecule has 2 heterocycles. The molecule has 0 amide bonds. The zero-order valence-corrected chi connectivity index (χ0v) is 37.9. The molecule has 4 heteroatoms. The molecule has 0 bridgehead atoms. The largest absolute Gasteiger partial charge is 0.311 e. The van der Waals surface area contributed by atoms with Crippen LogP contribution in [0.15, 0.2) is 182 Å². The first kappa shape index (κ1) is 37.5. The molecule has 0 unspecified atom stereocenters. The molecule has 0 spiro atoms. The minimum atomic E-state index is -1.84. The van der Waals surface area contributed by atoms with Crippen LogP contribution >= 0.6 is 0 Å². The minimum Gasteiger partial charge on any atom is -0.311 e.